The molecule has 8 heavy (non-hydrogen) atoms. The molecule has 0 spiro atoms. The lowest BCUT2D eigenvalue weighted by atomic mass is 9.73. The molecule has 0 aromatic heterocycles. The molecule has 0 heterocycles. The number of hydrogen-bond donors (Lipinski definition) is 0. The van der Waals surface area contributed by atoms with Gasteiger partial charge in [0.25, 0.3) is 0 Å². The lowest BCUT2D eigenvalue weighted by Gasteiger charge is -2.46. The molecule has 0 radical (unpaired) electrons. The van der Waals surface area contributed by atoms with Crippen molar-refractivity contribution in [3.8, 4) is 0 Å². The first-order valence-electron chi connectivity index (χ1n) is 2.84. The van der Waals surface area contributed by atoms with E-state index in [0.717, 1.165) is 6.42 Å². The molecule has 0 nitrogen and oxygen atoms in total. The van der Waals surface area contributed by atoms with Gasteiger partial charge in [0.15, 0.2) is 0 Å². The molecule has 0 saturated heterocycles. The lowest BCUT2D eigenvalue weighted by molar-refractivity contribution is 0.0451. The Bertz CT molecular complexity index is 93.1. The van der Waals surface area contributed by atoms with Crippen molar-refractivity contribution in [1.82, 2.24) is 0 Å². The van der Waals surface area contributed by atoms with Crippen LogP contribution in [0.1, 0.15) is 26.7 Å². The zero-order chi connectivity index (χ0) is 6.41. The molecule has 1 fully saturated rings. The van der Waals surface area contributed by atoms with Crippen LogP contribution < -0.4 is 0 Å². The number of alkyl halides is 2. The van der Waals surface area contributed by atoms with Gasteiger partial charge in [0.1, 0.15) is 5.67 Å². The summed E-state index contributed by atoms with van der Waals surface area (Å²) in [7, 11) is 0. The van der Waals surface area contributed by atoms with E-state index >= 15 is 0 Å². The zero-order valence-corrected chi connectivity index (χ0v) is 6.76. The summed E-state index contributed by atoms with van der Waals surface area (Å²) in [6, 6.07) is 0. The van der Waals surface area contributed by atoms with Gasteiger partial charge in [0.2, 0.25) is 0 Å². The molecular formula is C6H10BrF. The summed E-state index contributed by atoms with van der Waals surface area (Å²) in [5.41, 5.74) is -0.965. The van der Waals surface area contributed by atoms with E-state index in [1.54, 1.807) is 6.92 Å². The van der Waals surface area contributed by atoms with Crippen molar-refractivity contribution in [1.29, 1.82) is 0 Å². The average molecular weight is 181 g/mol. The molecule has 0 aromatic carbocycles. The smallest absolute Gasteiger partial charge is 0.123 e. The minimum Gasteiger partial charge on any atom is -0.243 e. The third-order valence-corrected chi connectivity index (χ3v) is 3.37. The van der Waals surface area contributed by atoms with Crippen LogP contribution in [-0.4, -0.2) is 9.99 Å². The molecule has 1 aliphatic carbocycles. The molecule has 1 rings (SSSR count). The van der Waals surface area contributed by atoms with Crippen LogP contribution in [0.15, 0.2) is 0 Å². The Morgan fingerprint density at radius 2 is 1.75 bits per heavy atom. The Labute approximate surface area is 57.6 Å². The molecular weight excluding hydrogens is 171 g/mol. The fourth-order valence-electron chi connectivity index (χ4n) is 0.814. The van der Waals surface area contributed by atoms with Gasteiger partial charge in [-0.3, -0.25) is 0 Å². The largest absolute Gasteiger partial charge is 0.243 e. The van der Waals surface area contributed by atoms with Gasteiger partial charge in [-0.25, -0.2) is 4.39 Å². The van der Waals surface area contributed by atoms with Gasteiger partial charge in [-0.05, 0) is 26.7 Å². The second kappa shape index (κ2) is 1.47. The van der Waals surface area contributed by atoms with E-state index in [-0.39, 0.29) is 4.32 Å². The lowest BCUT2D eigenvalue weighted by Crippen LogP contribution is -2.51. The molecule has 0 aliphatic heterocycles. The molecule has 1 aliphatic rings. The average Bonchev–Trinajstić information content (AvgIpc) is 1.64. The summed E-state index contributed by atoms with van der Waals surface area (Å²) in [6.07, 6.45) is 1.66. The van der Waals surface area contributed by atoms with E-state index in [1.807, 2.05) is 6.92 Å². The van der Waals surface area contributed by atoms with E-state index < -0.39 is 5.67 Å². The number of rotatable bonds is 0. The summed E-state index contributed by atoms with van der Waals surface area (Å²) in [6.45, 7) is 3.54. The summed E-state index contributed by atoms with van der Waals surface area (Å²) >= 11 is 3.31. The number of halogens is 2. The van der Waals surface area contributed by atoms with E-state index in [2.05, 4.69) is 15.9 Å². The molecule has 48 valence electrons. The van der Waals surface area contributed by atoms with Gasteiger partial charge in [-0.2, -0.15) is 0 Å². The normalized spacial score (nSPS) is 55.5. The van der Waals surface area contributed by atoms with Gasteiger partial charge >= 0.3 is 0 Å². The van der Waals surface area contributed by atoms with Gasteiger partial charge in [0.05, 0.1) is 4.32 Å². The molecule has 0 N–H and O–H groups in total. The predicted octanol–water partition coefficient (Wildman–Crippen LogP) is 2.66. The van der Waals surface area contributed by atoms with Crippen LogP contribution in [0.5, 0.6) is 0 Å². The monoisotopic (exact) mass is 180 g/mol. The van der Waals surface area contributed by atoms with Crippen LogP contribution in [0, 0.1) is 0 Å². The van der Waals surface area contributed by atoms with Crippen LogP contribution in [-0.2, 0) is 0 Å². The SMILES string of the molecule is C[C@]1(F)CC[C@]1(C)Br. The van der Waals surface area contributed by atoms with Crippen molar-refractivity contribution in [2.24, 2.45) is 0 Å². The Hall–Kier alpha value is 0.410. The summed E-state index contributed by atoms with van der Waals surface area (Å²) in [5.74, 6) is 0. The molecule has 0 amide bonds. The highest BCUT2D eigenvalue weighted by Gasteiger charge is 2.51. The maximum absolute atomic E-state index is 12.9. The van der Waals surface area contributed by atoms with Crippen LogP contribution >= 0.6 is 15.9 Å². The van der Waals surface area contributed by atoms with Crippen LogP contribution in [0.3, 0.4) is 0 Å². The van der Waals surface area contributed by atoms with Crippen molar-refractivity contribution < 1.29 is 4.39 Å². The summed E-state index contributed by atoms with van der Waals surface area (Å²) in [4.78, 5) is 0. The maximum Gasteiger partial charge on any atom is 0.123 e. The van der Waals surface area contributed by atoms with E-state index in [9.17, 15) is 4.39 Å². The summed E-state index contributed by atoms with van der Waals surface area (Å²) in [5, 5.41) is 0. The first-order valence-corrected chi connectivity index (χ1v) is 3.63. The molecule has 0 bridgehead atoms. The van der Waals surface area contributed by atoms with Crippen LogP contribution in [0.4, 0.5) is 4.39 Å². The minimum absolute atomic E-state index is 0.236. The van der Waals surface area contributed by atoms with E-state index in [4.69, 9.17) is 0 Å². The Morgan fingerprint density at radius 1 is 1.38 bits per heavy atom. The molecule has 1 saturated carbocycles. The van der Waals surface area contributed by atoms with Crippen molar-refractivity contribution in [3.63, 3.8) is 0 Å². The van der Waals surface area contributed by atoms with Gasteiger partial charge < -0.3 is 0 Å². The number of hydrogen-bond acceptors (Lipinski definition) is 0. The quantitative estimate of drug-likeness (QED) is 0.504. The predicted molar refractivity (Wildman–Crippen MR) is 36.1 cm³/mol. The van der Waals surface area contributed by atoms with Crippen molar-refractivity contribution in [2.45, 2.75) is 36.7 Å². The second-order valence-electron chi connectivity index (χ2n) is 2.89. The van der Waals surface area contributed by atoms with Crippen molar-refractivity contribution in [3.05, 3.63) is 0 Å². The molecule has 2 heteroatoms. The third-order valence-electron chi connectivity index (χ3n) is 2.15. The molecule has 0 aromatic rings. The maximum atomic E-state index is 12.9. The van der Waals surface area contributed by atoms with Gasteiger partial charge in [-0.1, -0.05) is 15.9 Å². The Kier molecular flexibility index (Phi) is 1.20. The van der Waals surface area contributed by atoms with E-state index in [0.29, 0.717) is 6.42 Å². The first-order chi connectivity index (χ1) is 3.46. The highest BCUT2D eigenvalue weighted by Crippen LogP contribution is 2.50. The van der Waals surface area contributed by atoms with Crippen molar-refractivity contribution in [2.75, 3.05) is 0 Å². The second-order valence-corrected chi connectivity index (χ2v) is 4.65. The molecule has 2 atom stereocenters. The fraction of sp³-hybridized carbons (Fsp3) is 1.00. The zero-order valence-electron chi connectivity index (χ0n) is 5.17. The fourth-order valence-corrected chi connectivity index (χ4v) is 1.21. The topological polar surface area (TPSA) is 0 Å². The molecule has 0 unspecified atom stereocenters. The highest BCUT2D eigenvalue weighted by atomic mass is 79.9. The first kappa shape index (κ1) is 6.53. The minimum atomic E-state index is -0.965. The highest BCUT2D eigenvalue weighted by molar-refractivity contribution is 9.10. The third kappa shape index (κ3) is 0.697. The van der Waals surface area contributed by atoms with Gasteiger partial charge in [-0.15, -0.1) is 0 Å². The Morgan fingerprint density at radius 3 is 1.75 bits per heavy atom. The summed E-state index contributed by atoms with van der Waals surface area (Å²) < 4.78 is 12.7. The standard InChI is InChI=1S/C6H10BrF/c1-5(7)3-4-6(5,2)8/h3-4H2,1-2H3/t5-,6-/m0/s1. The van der Waals surface area contributed by atoms with Crippen LogP contribution in [0.2, 0.25) is 0 Å². The van der Waals surface area contributed by atoms with Crippen LogP contribution in [0.25, 0.3) is 0 Å². The van der Waals surface area contributed by atoms with Crippen molar-refractivity contribution >= 4 is 15.9 Å². The van der Waals surface area contributed by atoms with E-state index in [1.165, 1.54) is 0 Å². The van der Waals surface area contributed by atoms with Gasteiger partial charge in [0, 0.05) is 0 Å². The Balaban J connectivity index is 2.63.